The van der Waals surface area contributed by atoms with Crippen LogP contribution in [0.15, 0.2) is 0 Å². The molecule has 13 heteroatoms. The number of aryl methyl sites for hydroxylation is 1. The first kappa shape index (κ1) is 16.6. The number of urea groups is 1. The van der Waals surface area contributed by atoms with Crippen LogP contribution < -0.4 is 29.6 Å². The molecule has 2 amide bonds. The van der Waals surface area contributed by atoms with Crippen LogP contribution in [0.3, 0.4) is 0 Å². The first-order valence-electron chi connectivity index (χ1n) is 5.84. The smallest absolute Gasteiger partial charge is 0.724 e. The van der Waals surface area contributed by atoms with Crippen LogP contribution in [0, 0.1) is 0 Å². The second-order valence-electron chi connectivity index (χ2n) is 4.63. The number of fused-ring (bicyclic) bond motifs is 2. The molecule has 3 rings (SSSR count). The maximum absolute atomic E-state index is 12.1. The molecular formula is C8H11N6NaO5S. The van der Waals surface area contributed by atoms with E-state index in [9.17, 15) is 17.8 Å². The summed E-state index contributed by atoms with van der Waals surface area (Å²) in [6.45, 7) is 0.261. The van der Waals surface area contributed by atoms with Crippen LogP contribution in [0.4, 0.5) is 4.79 Å². The predicted molar refractivity (Wildman–Crippen MR) is 59.3 cm³/mol. The average molecular weight is 326 g/mol. The van der Waals surface area contributed by atoms with Crippen LogP contribution in [0.25, 0.3) is 0 Å². The molecule has 2 fully saturated rings. The van der Waals surface area contributed by atoms with Crippen molar-refractivity contribution >= 4 is 16.4 Å². The van der Waals surface area contributed by atoms with E-state index in [1.54, 1.807) is 7.05 Å². The zero-order chi connectivity index (χ0) is 14.5. The van der Waals surface area contributed by atoms with Crippen molar-refractivity contribution in [2.75, 3.05) is 6.54 Å². The van der Waals surface area contributed by atoms with Crippen molar-refractivity contribution < 1.29 is 51.6 Å². The van der Waals surface area contributed by atoms with Crippen molar-refractivity contribution in [2.24, 2.45) is 7.05 Å². The normalized spacial score (nSPS) is 25.1. The number of rotatable bonds is 3. The fraction of sp³-hybridized carbons (Fsp3) is 0.750. The molecule has 110 valence electrons. The third kappa shape index (κ3) is 3.19. The summed E-state index contributed by atoms with van der Waals surface area (Å²) in [7, 11) is -3.37. The molecule has 3 heterocycles. The van der Waals surface area contributed by atoms with Crippen LogP contribution in [-0.4, -0.2) is 61.8 Å². The van der Waals surface area contributed by atoms with Gasteiger partial charge >= 0.3 is 35.6 Å². The second kappa shape index (κ2) is 5.78. The van der Waals surface area contributed by atoms with Crippen LogP contribution in [0.2, 0.25) is 0 Å². The molecule has 0 saturated carbocycles. The molecule has 1 aromatic rings. The standard InChI is InChI=1S/C8H12N6O5S.Na/c1-12-10-7(9-11-12)6-3-2-5-4-13(6)8(15)14(5)19-20(16,17)18;/h5-6H,2-4H2,1H3,(H,16,17,18);/q;+1/p-1/t5-,6-;/m1./s1. The summed E-state index contributed by atoms with van der Waals surface area (Å²) in [5, 5.41) is 12.2. The van der Waals surface area contributed by atoms with Crippen LogP contribution >= 0.6 is 0 Å². The monoisotopic (exact) mass is 326 g/mol. The third-order valence-corrected chi connectivity index (χ3v) is 3.66. The van der Waals surface area contributed by atoms with Gasteiger partial charge in [-0.05, 0) is 18.1 Å². The number of amides is 2. The number of tetrazole rings is 1. The van der Waals surface area contributed by atoms with Crippen LogP contribution in [0.5, 0.6) is 0 Å². The van der Waals surface area contributed by atoms with Gasteiger partial charge in [-0.15, -0.1) is 10.2 Å². The van der Waals surface area contributed by atoms with E-state index in [1.807, 2.05) is 0 Å². The molecule has 0 aromatic carbocycles. The van der Waals surface area contributed by atoms with E-state index in [-0.39, 0.29) is 36.1 Å². The predicted octanol–water partition coefficient (Wildman–Crippen LogP) is -4.45. The Morgan fingerprint density at radius 3 is 2.67 bits per heavy atom. The van der Waals surface area contributed by atoms with Gasteiger partial charge in [0.2, 0.25) is 10.4 Å². The zero-order valence-corrected chi connectivity index (χ0v) is 14.2. The zero-order valence-electron chi connectivity index (χ0n) is 11.4. The van der Waals surface area contributed by atoms with E-state index in [2.05, 4.69) is 19.7 Å². The minimum atomic E-state index is -4.98. The minimum absolute atomic E-state index is 0. The number of carbonyl (C=O) groups excluding carboxylic acids is 1. The number of hydrogen-bond donors (Lipinski definition) is 0. The van der Waals surface area contributed by atoms with Crippen molar-refractivity contribution in [1.29, 1.82) is 0 Å². The van der Waals surface area contributed by atoms with E-state index < -0.39 is 28.5 Å². The minimum Gasteiger partial charge on any atom is -0.724 e. The van der Waals surface area contributed by atoms with Gasteiger partial charge in [0, 0.05) is 6.54 Å². The third-order valence-electron chi connectivity index (χ3n) is 3.32. The van der Waals surface area contributed by atoms with E-state index in [1.165, 1.54) is 9.70 Å². The second-order valence-corrected chi connectivity index (χ2v) is 5.59. The Hall–Kier alpha value is -0.790. The molecule has 1 aromatic heterocycles. The summed E-state index contributed by atoms with van der Waals surface area (Å²) in [6, 6.07) is -1.53. The Balaban J connectivity index is 0.00000161. The quantitative estimate of drug-likeness (QED) is 0.308. The van der Waals surface area contributed by atoms with Crippen LogP contribution in [0.1, 0.15) is 24.7 Å². The fourth-order valence-corrected chi connectivity index (χ4v) is 2.91. The number of carbonyl (C=O) groups is 1. The molecule has 21 heavy (non-hydrogen) atoms. The molecule has 2 aliphatic heterocycles. The van der Waals surface area contributed by atoms with Crippen LogP contribution in [-0.2, 0) is 21.7 Å². The summed E-state index contributed by atoms with van der Waals surface area (Å²) in [5.74, 6) is 0.381. The summed E-state index contributed by atoms with van der Waals surface area (Å²) in [5.41, 5.74) is 0. The topological polar surface area (TPSA) is 134 Å². The SMILES string of the molecule is Cn1nnc([C@H]2CC[C@@H]3CN2C(=O)N3OS(=O)(=O)[O-])n1.[Na+]. The fourth-order valence-electron chi connectivity index (χ4n) is 2.53. The van der Waals surface area contributed by atoms with Crippen molar-refractivity contribution in [3.05, 3.63) is 5.82 Å². The summed E-state index contributed by atoms with van der Waals surface area (Å²) in [4.78, 5) is 14.8. The Labute approximate surface area is 142 Å². The molecule has 2 aliphatic rings. The molecular weight excluding hydrogens is 315 g/mol. The molecule has 11 nitrogen and oxygen atoms in total. The number of hydroxylamine groups is 2. The van der Waals surface area contributed by atoms with Gasteiger partial charge in [-0.1, -0.05) is 0 Å². The van der Waals surface area contributed by atoms with E-state index in [0.29, 0.717) is 23.7 Å². The van der Waals surface area contributed by atoms with Gasteiger partial charge in [0.1, 0.15) is 0 Å². The first-order valence-corrected chi connectivity index (χ1v) is 7.17. The van der Waals surface area contributed by atoms with Gasteiger partial charge in [-0.25, -0.2) is 13.2 Å². The molecule has 0 spiro atoms. The maximum atomic E-state index is 12.1. The summed E-state index contributed by atoms with van der Waals surface area (Å²) < 4.78 is 36.2. The average Bonchev–Trinajstić information content (AvgIpc) is 2.88. The molecule has 0 radical (unpaired) electrons. The van der Waals surface area contributed by atoms with Crippen molar-refractivity contribution in [1.82, 2.24) is 30.2 Å². The largest absolute Gasteiger partial charge is 1.00 e. The molecule has 2 saturated heterocycles. The van der Waals surface area contributed by atoms with Gasteiger partial charge < -0.3 is 9.45 Å². The summed E-state index contributed by atoms with van der Waals surface area (Å²) >= 11 is 0. The summed E-state index contributed by atoms with van der Waals surface area (Å²) in [6.07, 6.45) is 1.03. The molecule has 2 atom stereocenters. The first-order chi connectivity index (χ1) is 9.35. The van der Waals surface area contributed by atoms with E-state index >= 15 is 0 Å². The van der Waals surface area contributed by atoms with Crippen molar-refractivity contribution in [2.45, 2.75) is 24.9 Å². The van der Waals surface area contributed by atoms with Gasteiger partial charge in [0.05, 0.1) is 19.1 Å². The number of piperidine rings is 1. The van der Waals surface area contributed by atoms with E-state index in [4.69, 9.17) is 0 Å². The number of hydrogen-bond acceptors (Lipinski definition) is 8. The molecule has 0 unspecified atom stereocenters. The molecule has 0 aliphatic carbocycles. The number of aromatic nitrogens is 4. The Morgan fingerprint density at radius 2 is 2.10 bits per heavy atom. The Kier molecular flexibility index (Phi) is 4.56. The number of nitrogens with zero attached hydrogens (tertiary/aromatic N) is 6. The van der Waals surface area contributed by atoms with Crippen molar-refractivity contribution in [3.63, 3.8) is 0 Å². The Morgan fingerprint density at radius 1 is 1.38 bits per heavy atom. The van der Waals surface area contributed by atoms with E-state index in [0.717, 1.165) is 0 Å². The molecule has 2 bridgehead atoms. The van der Waals surface area contributed by atoms with Gasteiger partial charge in [0.15, 0.2) is 5.82 Å². The maximum Gasteiger partial charge on any atom is 1.00 e. The van der Waals surface area contributed by atoms with Crippen molar-refractivity contribution in [3.8, 4) is 0 Å². The van der Waals surface area contributed by atoms with Gasteiger partial charge in [-0.3, -0.25) is 0 Å². The van der Waals surface area contributed by atoms with Gasteiger partial charge in [0.25, 0.3) is 0 Å². The molecule has 0 N–H and O–H groups in total. The Bertz CT molecular complexity index is 649. The van der Waals surface area contributed by atoms with Gasteiger partial charge in [-0.2, -0.15) is 14.1 Å².